The van der Waals surface area contributed by atoms with E-state index in [0.717, 1.165) is 18.2 Å². The molecule has 0 aromatic heterocycles. The highest BCUT2D eigenvalue weighted by Crippen LogP contribution is 2.09. The minimum absolute atomic E-state index is 0.173. The van der Waals surface area contributed by atoms with Crippen molar-refractivity contribution >= 4 is 15.9 Å². The second-order valence-electron chi connectivity index (χ2n) is 4.28. The smallest absolute Gasteiger partial charge is 0.254 e. The zero-order valence-corrected chi connectivity index (χ0v) is 12.7. The van der Waals surface area contributed by atoms with Crippen LogP contribution >= 0.6 is 0 Å². The molecule has 1 amide bonds. The second kappa shape index (κ2) is 7.46. The summed E-state index contributed by atoms with van der Waals surface area (Å²) in [5, 5.41) is 2.27. The van der Waals surface area contributed by atoms with Crippen molar-refractivity contribution in [2.24, 2.45) is 0 Å². The topological polar surface area (TPSA) is 66.5 Å². The Balaban J connectivity index is 2.64. The van der Waals surface area contributed by atoms with Crippen molar-refractivity contribution in [2.75, 3.05) is 25.4 Å². The molecule has 8 heteroatoms. The molecule has 0 saturated carbocycles. The number of benzene rings is 1. The van der Waals surface area contributed by atoms with E-state index in [2.05, 4.69) is 5.32 Å². The lowest BCUT2D eigenvalue weighted by Crippen LogP contribution is -2.37. The molecule has 0 radical (unpaired) electrons. The van der Waals surface area contributed by atoms with Crippen molar-refractivity contribution in [3.05, 3.63) is 35.4 Å². The van der Waals surface area contributed by atoms with E-state index in [4.69, 9.17) is 0 Å². The normalized spacial score (nSPS) is 11.7. The fourth-order valence-corrected chi connectivity index (χ4v) is 3.21. The number of hydrogen-bond acceptors (Lipinski definition) is 3. The van der Waals surface area contributed by atoms with Crippen LogP contribution < -0.4 is 5.32 Å². The fraction of sp³-hybridized carbons (Fsp3) is 0.462. The van der Waals surface area contributed by atoms with Crippen molar-refractivity contribution in [3.63, 3.8) is 0 Å². The summed E-state index contributed by atoms with van der Waals surface area (Å²) in [6, 6.07) is 2.51. The summed E-state index contributed by atoms with van der Waals surface area (Å²) in [7, 11) is -3.47. The van der Waals surface area contributed by atoms with Crippen LogP contribution in [0, 0.1) is 11.6 Å². The standard InChI is InChI=1S/C13H18F2N2O3S/c1-3-17(4-2)21(19,20)8-7-16-13(18)11-9-10(14)5-6-12(11)15/h5-6,9H,3-4,7-8H2,1-2H3,(H,16,18). The number of carbonyl (C=O) groups is 1. The molecule has 0 fully saturated rings. The third kappa shape index (κ3) is 4.75. The van der Waals surface area contributed by atoms with Gasteiger partial charge in [-0.05, 0) is 18.2 Å². The van der Waals surface area contributed by atoms with Crippen molar-refractivity contribution in [3.8, 4) is 0 Å². The molecule has 0 unspecified atom stereocenters. The van der Waals surface area contributed by atoms with Gasteiger partial charge >= 0.3 is 0 Å². The lowest BCUT2D eigenvalue weighted by molar-refractivity contribution is 0.0951. The van der Waals surface area contributed by atoms with Crippen LogP contribution in [-0.2, 0) is 10.0 Å². The average molecular weight is 320 g/mol. The Morgan fingerprint density at radius 1 is 1.24 bits per heavy atom. The predicted molar refractivity (Wildman–Crippen MR) is 75.4 cm³/mol. The summed E-state index contributed by atoms with van der Waals surface area (Å²) < 4.78 is 51.3. The average Bonchev–Trinajstić information content (AvgIpc) is 2.42. The Labute approximate surface area is 123 Å². The quantitative estimate of drug-likeness (QED) is 0.825. The highest BCUT2D eigenvalue weighted by molar-refractivity contribution is 7.89. The maximum absolute atomic E-state index is 13.4. The van der Waals surface area contributed by atoms with Gasteiger partial charge in [-0.25, -0.2) is 21.5 Å². The Morgan fingerprint density at radius 2 is 1.86 bits per heavy atom. The van der Waals surface area contributed by atoms with Crippen LogP contribution in [0.2, 0.25) is 0 Å². The molecule has 1 aromatic carbocycles. The van der Waals surface area contributed by atoms with E-state index < -0.39 is 33.1 Å². The lowest BCUT2D eigenvalue weighted by atomic mass is 10.2. The van der Waals surface area contributed by atoms with Gasteiger partial charge in [0.1, 0.15) is 11.6 Å². The first kappa shape index (κ1) is 17.5. The largest absolute Gasteiger partial charge is 0.351 e. The van der Waals surface area contributed by atoms with Gasteiger partial charge in [0, 0.05) is 19.6 Å². The molecule has 1 aromatic rings. The summed E-state index contributed by atoms with van der Waals surface area (Å²) in [5.41, 5.74) is -0.449. The lowest BCUT2D eigenvalue weighted by Gasteiger charge is -2.18. The van der Waals surface area contributed by atoms with Crippen LogP contribution in [0.25, 0.3) is 0 Å². The van der Waals surface area contributed by atoms with Crippen LogP contribution in [0.1, 0.15) is 24.2 Å². The molecular weight excluding hydrogens is 302 g/mol. The van der Waals surface area contributed by atoms with Crippen LogP contribution in [0.5, 0.6) is 0 Å². The minimum atomic E-state index is -3.47. The first-order valence-corrected chi connectivity index (χ1v) is 8.13. The minimum Gasteiger partial charge on any atom is -0.351 e. The van der Waals surface area contributed by atoms with Gasteiger partial charge in [0.05, 0.1) is 11.3 Å². The fourth-order valence-electron chi connectivity index (χ4n) is 1.81. The van der Waals surface area contributed by atoms with Gasteiger partial charge in [0.2, 0.25) is 10.0 Å². The van der Waals surface area contributed by atoms with Crippen molar-refractivity contribution in [2.45, 2.75) is 13.8 Å². The SMILES string of the molecule is CCN(CC)S(=O)(=O)CCNC(=O)c1cc(F)ccc1F. The third-order valence-corrected chi connectivity index (χ3v) is 4.94. The van der Waals surface area contributed by atoms with Crippen LogP contribution in [-0.4, -0.2) is 44.0 Å². The molecule has 0 bridgehead atoms. The summed E-state index contributed by atoms with van der Waals surface area (Å²) >= 11 is 0. The monoisotopic (exact) mass is 320 g/mol. The predicted octanol–water partition coefficient (Wildman–Crippen LogP) is 1.37. The molecule has 5 nitrogen and oxygen atoms in total. The van der Waals surface area contributed by atoms with Crippen LogP contribution in [0.4, 0.5) is 8.78 Å². The molecule has 0 saturated heterocycles. The van der Waals surface area contributed by atoms with Gasteiger partial charge in [0.25, 0.3) is 5.91 Å². The zero-order chi connectivity index (χ0) is 16.0. The van der Waals surface area contributed by atoms with E-state index in [1.807, 2.05) is 0 Å². The van der Waals surface area contributed by atoms with Gasteiger partial charge in [-0.15, -0.1) is 0 Å². The number of amides is 1. The summed E-state index contributed by atoms with van der Waals surface area (Å²) in [6.07, 6.45) is 0. The summed E-state index contributed by atoms with van der Waals surface area (Å²) in [4.78, 5) is 11.7. The summed E-state index contributed by atoms with van der Waals surface area (Å²) in [6.45, 7) is 3.92. The zero-order valence-electron chi connectivity index (χ0n) is 11.9. The molecule has 0 aliphatic rings. The van der Waals surface area contributed by atoms with E-state index in [-0.39, 0.29) is 12.3 Å². The van der Waals surface area contributed by atoms with Crippen molar-refractivity contribution in [1.29, 1.82) is 0 Å². The molecule has 0 aliphatic heterocycles. The first-order valence-electron chi connectivity index (χ1n) is 6.52. The second-order valence-corrected chi connectivity index (χ2v) is 6.37. The van der Waals surface area contributed by atoms with E-state index in [9.17, 15) is 22.0 Å². The van der Waals surface area contributed by atoms with Gasteiger partial charge in [-0.3, -0.25) is 4.79 Å². The number of halogens is 2. The summed E-state index contributed by atoms with van der Waals surface area (Å²) in [5.74, 6) is -2.74. The molecule has 0 aliphatic carbocycles. The molecule has 1 N–H and O–H groups in total. The number of hydrogen-bond donors (Lipinski definition) is 1. The third-order valence-electron chi connectivity index (χ3n) is 2.92. The van der Waals surface area contributed by atoms with Crippen LogP contribution in [0.3, 0.4) is 0 Å². The molecular formula is C13H18F2N2O3S. The number of nitrogens with zero attached hydrogens (tertiary/aromatic N) is 1. The first-order chi connectivity index (χ1) is 9.81. The maximum Gasteiger partial charge on any atom is 0.254 e. The molecule has 0 atom stereocenters. The van der Waals surface area contributed by atoms with E-state index in [0.29, 0.717) is 13.1 Å². The maximum atomic E-state index is 13.4. The van der Waals surface area contributed by atoms with Gasteiger partial charge in [-0.2, -0.15) is 0 Å². The number of rotatable bonds is 7. The highest BCUT2D eigenvalue weighted by atomic mass is 32.2. The number of sulfonamides is 1. The van der Waals surface area contributed by atoms with Crippen molar-refractivity contribution in [1.82, 2.24) is 9.62 Å². The molecule has 21 heavy (non-hydrogen) atoms. The number of nitrogens with one attached hydrogen (secondary N) is 1. The number of carbonyl (C=O) groups excluding carboxylic acids is 1. The Morgan fingerprint density at radius 3 is 2.43 bits per heavy atom. The molecule has 118 valence electrons. The molecule has 1 rings (SSSR count). The van der Waals surface area contributed by atoms with Crippen LogP contribution in [0.15, 0.2) is 18.2 Å². The Hall–Kier alpha value is -1.54. The van der Waals surface area contributed by atoms with Crippen molar-refractivity contribution < 1.29 is 22.0 Å². The molecule has 0 spiro atoms. The van der Waals surface area contributed by atoms with Gasteiger partial charge in [0.15, 0.2) is 0 Å². The van der Waals surface area contributed by atoms with Gasteiger partial charge < -0.3 is 5.32 Å². The Kier molecular flexibility index (Phi) is 6.22. The van der Waals surface area contributed by atoms with E-state index in [1.165, 1.54) is 4.31 Å². The van der Waals surface area contributed by atoms with E-state index >= 15 is 0 Å². The van der Waals surface area contributed by atoms with E-state index in [1.54, 1.807) is 13.8 Å². The highest BCUT2D eigenvalue weighted by Gasteiger charge is 2.19. The van der Waals surface area contributed by atoms with Gasteiger partial charge in [-0.1, -0.05) is 13.8 Å². The Bertz CT molecular complexity index is 601. The molecule has 0 heterocycles.